The maximum absolute atomic E-state index is 4.34. The van der Waals surface area contributed by atoms with Gasteiger partial charge in [-0.1, -0.05) is 58.9 Å². The Hall–Kier alpha value is -0.690. The van der Waals surface area contributed by atoms with E-state index >= 15 is 0 Å². The molecule has 0 bridgehead atoms. The van der Waals surface area contributed by atoms with Crippen molar-refractivity contribution in [2.75, 3.05) is 0 Å². The summed E-state index contributed by atoms with van der Waals surface area (Å²) in [5.74, 6) is 0.392. The van der Waals surface area contributed by atoms with Gasteiger partial charge in [-0.15, -0.1) is 19.2 Å². The second-order valence-corrected chi connectivity index (χ2v) is 3.06. The largest absolute Gasteiger partial charge is 0.143 e. The zero-order valence-electron chi connectivity index (χ0n) is 10.6. The molecular weight excluding hydrogens is 200 g/mol. The molecule has 1 atom stereocenters. The highest BCUT2D eigenvalue weighted by atomic mass is 32.1. The van der Waals surface area contributed by atoms with Crippen LogP contribution in [0, 0.1) is 0 Å². The number of thiol groups is 1. The van der Waals surface area contributed by atoms with E-state index < -0.39 is 0 Å². The van der Waals surface area contributed by atoms with E-state index in [0.717, 1.165) is 4.90 Å². The van der Waals surface area contributed by atoms with Gasteiger partial charge in [0.25, 0.3) is 0 Å². The molecule has 0 aliphatic rings. The number of allylic oxidation sites excluding steroid dienone is 1. The van der Waals surface area contributed by atoms with E-state index in [1.807, 2.05) is 52.0 Å². The van der Waals surface area contributed by atoms with Crippen LogP contribution in [0.5, 0.6) is 0 Å². The quantitative estimate of drug-likeness (QED) is 0.510. The molecule has 0 N–H and O–H groups in total. The van der Waals surface area contributed by atoms with Gasteiger partial charge in [0.15, 0.2) is 0 Å². The molecular formula is C14H24S. The molecule has 0 fully saturated rings. The van der Waals surface area contributed by atoms with Crippen LogP contribution in [0.3, 0.4) is 0 Å². The minimum Gasteiger partial charge on any atom is -0.143 e. The summed E-state index contributed by atoms with van der Waals surface area (Å²) in [4.78, 5) is 1.04. The van der Waals surface area contributed by atoms with E-state index in [2.05, 4.69) is 32.2 Å². The first kappa shape index (κ1) is 16.7. The molecule has 1 unspecified atom stereocenters. The van der Waals surface area contributed by atoms with Crippen molar-refractivity contribution in [3.63, 3.8) is 0 Å². The van der Waals surface area contributed by atoms with Gasteiger partial charge >= 0.3 is 0 Å². The smallest absolute Gasteiger partial charge is 0.00779 e. The molecule has 1 heteroatoms. The maximum atomic E-state index is 4.34. The Bertz CT molecular complexity index is 253. The summed E-state index contributed by atoms with van der Waals surface area (Å²) >= 11 is 4.34. The fourth-order valence-electron chi connectivity index (χ4n) is 1.000. The zero-order valence-corrected chi connectivity index (χ0v) is 11.5. The van der Waals surface area contributed by atoms with Crippen LogP contribution in [0.15, 0.2) is 41.8 Å². The lowest BCUT2D eigenvalue weighted by Gasteiger charge is -2.07. The summed E-state index contributed by atoms with van der Waals surface area (Å²) < 4.78 is 0. The lowest BCUT2D eigenvalue weighted by molar-refractivity contribution is 0.938. The third kappa shape index (κ3) is 6.40. The van der Waals surface area contributed by atoms with E-state index in [-0.39, 0.29) is 0 Å². The van der Waals surface area contributed by atoms with Gasteiger partial charge in [-0.05, 0) is 17.5 Å². The van der Waals surface area contributed by atoms with Gasteiger partial charge in [0.2, 0.25) is 0 Å². The van der Waals surface area contributed by atoms with Gasteiger partial charge in [-0.3, -0.25) is 0 Å². The molecule has 0 aromatic heterocycles. The maximum Gasteiger partial charge on any atom is 0.00779 e. The normalized spacial score (nSPS) is 10.0. The zero-order chi connectivity index (χ0) is 12.3. The van der Waals surface area contributed by atoms with Crippen LogP contribution in [0.25, 0.3) is 0 Å². The van der Waals surface area contributed by atoms with E-state index in [4.69, 9.17) is 0 Å². The van der Waals surface area contributed by atoms with Crippen molar-refractivity contribution in [3.05, 3.63) is 42.5 Å². The second-order valence-electron chi connectivity index (χ2n) is 2.58. The van der Waals surface area contributed by atoms with Gasteiger partial charge in [-0.25, -0.2) is 0 Å². The Morgan fingerprint density at radius 1 is 1.13 bits per heavy atom. The lowest BCUT2D eigenvalue weighted by atomic mass is 10.0. The lowest BCUT2D eigenvalue weighted by Crippen LogP contribution is -1.89. The van der Waals surface area contributed by atoms with Gasteiger partial charge in [0, 0.05) is 4.90 Å². The first-order chi connectivity index (χ1) is 7.25. The molecule has 0 saturated carbocycles. The van der Waals surface area contributed by atoms with E-state index in [1.54, 1.807) is 0 Å². The standard InChI is InChI=1S/C10H12S.2C2H6/c1-3-8(2)9-6-4-5-7-10(9)11;2*1-2/h3-8,11H,1H2,2H3;2*1-2H3. The first-order valence-corrected chi connectivity index (χ1v) is 6.11. The second kappa shape index (κ2) is 11.4. The molecule has 0 heterocycles. The number of hydrogen-bond acceptors (Lipinski definition) is 1. The molecule has 0 spiro atoms. The summed E-state index contributed by atoms with van der Waals surface area (Å²) in [6, 6.07) is 8.09. The fourth-order valence-corrected chi connectivity index (χ4v) is 1.36. The summed E-state index contributed by atoms with van der Waals surface area (Å²) in [6.45, 7) is 13.9. The molecule has 0 aliphatic heterocycles. The Morgan fingerprint density at radius 3 is 2.00 bits per heavy atom. The highest BCUT2D eigenvalue weighted by Gasteiger charge is 2.02. The molecule has 0 amide bonds. The van der Waals surface area contributed by atoms with Crippen molar-refractivity contribution >= 4 is 12.6 Å². The van der Waals surface area contributed by atoms with E-state index in [0.29, 0.717) is 5.92 Å². The number of hydrogen-bond donors (Lipinski definition) is 1. The van der Waals surface area contributed by atoms with E-state index in [9.17, 15) is 0 Å². The van der Waals surface area contributed by atoms with Crippen LogP contribution in [-0.4, -0.2) is 0 Å². The van der Waals surface area contributed by atoms with Crippen molar-refractivity contribution in [2.45, 2.75) is 45.4 Å². The third-order valence-corrected chi connectivity index (χ3v) is 2.19. The Morgan fingerprint density at radius 2 is 1.60 bits per heavy atom. The Balaban J connectivity index is 0. The highest BCUT2D eigenvalue weighted by molar-refractivity contribution is 7.80. The van der Waals surface area contributed by atoms with Crippen molar-refractivity contribution in [3.8, 4) is 0 Å². The van der Waals surface area contributed by atoms with Gasteiger partial charge in [0.05, 0.1) is 0 Å². The minimum atomic E-state index is 0.392. The molecule has 1 aromatic rings. The minimum absolute atomic E-state index is 0.392. The summed E-state index contributed by atoms with van der Waals surface area (Å²) in [5, 5.41) is 0. The van der Waals surface area contributed by atoms with Crippen LogP contribution in [0.2, 0.25) is 0 Å². The average molecular weight is 224 g/mol. The topological polar surface area (TPSA) is 0 Å². The predicted molar refractivity (Wildman–Crippen MR) is 75.0 cm³/mol. The molecule has 1 aromatic carbocycles. The fraction of sp³-hybridized carbons (Fsp3) is 0.429. The summed E-state index contributed by atoms with van der Waals surface area (Å²) in [5.41, 5.74) is 1.24. The van der Waals surface area contributed by atoms with Crippen molar-refractivity contribution in [2.24, 2.45) is 0 Å². The van der Waals surface area contributed by atoms with Crippen molar-refractivity contribution in [1.29, 1.82) is 0 Å². The molecule has 0 aliphatic carbocycles. The van der Waals surface area contributed by atoms with Crippen LogP contribution >= 0.6 is 12.6 Å². The summed E-state index contributed by atoms with van der Waals surface area (Å²) in [6.07, 6.45) is 1.93. The summed E-state index contributed by atoms with van der Waals surface area (Å²) in [7, 11) is 0. The monoisotopic (exact) mass is 224 g/mol. The van der Waals surface area contributed by atoms with Crippen LogP contribution in [0.1, 0.15) is 46.1 Å². The van der Waals surface area contributed by atoms with Crippen LogP contribution in [0.4, 0.5) is 0 Å². The van der Waals surface area contributed by atoms with E-state index in [1.165, 1.54) is 5.56 Å². The third-order valence-electron chi connectivity index (χ3n) is 1.78. The van der Waals surface area contributed by atoms with Gasteiger partial charge < -0.3 is 0 Å². The molecule has 0 saturated heterocycles. The molecule has 15 heavy (non-hydrogen) atoms. The van der Waals surface area contributed by atoms with Gasteiger partial charge in [-0.2, -0.15) is 0 Å². The number of rotatable bonds is 2. The van der Waals surface area contributed by atoms with Gasteiger partial charge in [0.1, 0.15) is 0 Å². The predicted octanol–water partition coefficient (Wildman–Crippen LogP) is 5.32. The van der Waals surface area contributed by atoms with Crippen molar-refractivity contribution in [1.82, 2.24) is 0 Å². The number of benzene rings is 1. The molecule has 0 nitrogen and oxygen atoms in total. The van der Waals surface area contributed by atoms with Crippen LogP contribution in [-0.2, 0) is 0 Å². The molecule has 86 valence electrons. The molecule has 0 radical (unpaired) electrons. The highest BCUT2D eigenvalue weighted by Crippen LogP contribution is 2.22. The Kier molecular flexibility index (Phi) is 12.7. The first-order valence-electron chi connectivity index (χ1n) is 5.66. The van der Waals surface area contributed by atoms with Crippen LogP contribution < -0.4 is 0 Å². The molecule has 1 rings (SSSR count). The van der Waals surface area contributed by atoms with Crippen molar-refractivity contribution < 1.29 is 0 Å². The Labute approximate surface area is 101 Å². The average Bonchev–Trinajstić information content (AvgIpc) is 2.34. The SMILES string of the molecule is C=CC(C)c1ccccc1S.CC.CC.